The van der Waals surface area contributed by atoms with Crippen LogP contribution in [0.15, 0.2) is 41.6 Å². The number of carbonyl (C=O) groups excluding carboxylic acids is 1. The monoisotopic (exact) mass is 367 g/mol. The zero-order chi connectivity index (χ0) is 17.7. The molecule has 2 aromatic rings. The summed E-state index contributed by atoms with van der Waals surface area (Å²) in [6, 6.07) is 5.90. The minimum Gasteiger partial charge on any atom is -0.281 e. The Morgan fingerprint density at radius 1 is 1.12 bits per heavy atom. The van der Waals surface area contributed by atoms with Crippen molar-refractivity contribution in [2.75, 3.05) is 4.72 Å². The highest BCUT2D eigenvalue weighted by Crippen LogP contribution is 2.15. The van der Waals surface area contributed by atoms with Crippen LogP contribution in [0.2, 0.25) is 0 Å². The lowest BCUT2D eigenvalue weighted by Gasteiger charge is -2.08. The SMILES string of the molecule is CC(C)Cc1cnc(NS(=O)(=O)c2ccc(CC(=O)Cl)cc2)nc1. The zero-order valence-electron chi connectivity index (χ0n) is 13.4. The number of anilines is 1. The van der Waals surface area contributed by atoms with Crippen molar-refractivity contribution in [2.24, 2.45) is 5.92 Å². The molecule has 24 heavy (non-hydrogen) atoms. The van der Waals surface area contributed by atoms with Gasteiger partial charge in [-0.15, -0.1) is 0 Å². The normalized spacial score (nSPS) is 11.5. The summed E-state index contributed by atoms with van der Waals surface area (Å²) >= 11 is 5.31. The number of halogens is 1. The number of nitrogens with zero attached hydrogens (tertiary/aromatic N) is 2. The smallest absolute Gasteiger partial charge is 0.264 e. The van der Waals surface area contributed by atoms with Crippen LogP contribution in [0.5, 0.6) is 0 Å². The maximum atomic E-state index is 12.3. The van der Waals surface area contributed by atoms with Crippen LogP contribution in [0.25, 0.3) is 0 Å². The molecule has 0 aliphatic heterocycles. The first-order chi connectivity index (χ1) is 11.3. The van der Waals surface area contributed by atoms with Crippen LogP contribution in [0, 0.1) is 5.92 Å². The fraction of sp³-hybridized carbons (Fsp3) is 0.312. The molecule has 0 bridgehead atoms. The van der Waals surface area contributed by atoms with Crippen molar-refractivity contribution in [1.29, 1.82) is 0 Å². The summed E-state index contributed by atoms with van der Waals surface area (Å²) in [7, 11) is -3.79. The van der Waals surface area contributed by atoms with Gasteiger partial charge in [-0.1, -0.05) is 26.0 Å². The molecule has 1 aromatic heterocycles. The molecule has 0 unspecified atom stereocenters. The summed E-state index contributed by atoms with van der Waals surface area (Å²) in [6.45, 7) is 4.16. The standard InChI is InChI=1S/C16H18ClN3O3S/c1-11(2)7-13-9-18-16(19-10-13)20-24(22,23)14-5-3-12(4-6-14)8-15(17)21/h3-6,9-11H,7-8H2,1-2H3,(H,18,19,20). The van der Waals surface area contributed by atoms with Crippen LogP contribution in [-0.4, -0.2) is 23.6 Å². The average Bonchev–Trinajstić information content (AvgIpc) is 2.48. The first-order valence-electron chi connectivity index (χ1n) is 7.37. The molecule has 0 spiro atoms. The van der Waals surface area contributed by atoms with Crippen LogP contribution in [-0.2, 0) is 27.7 Å². The Labute approximate surface area is 146 Å². The molecule has 0 aliphatic rings. The lowest BCUT2D eigenvalue weighted by Crippen LogP contribution is -2.15. The summed E-state index contributed by atoms with van der Waals surface area (Å²) in [5.41, 5.74) is 1.59. The topological polar surface area (TPSA) is 89.0 Å². The second-order valence-corrected chi connectivity index (χ2v) is 7.90. The molecule has 2 rings (SSSR count). The number of hydrogen-bond acceptors (Lipinski definition) is 5. The summed E-state index contributed by atoms with van der Waals surface area (Å²) < 4.78 is 27.0. The number of benzene rings is 1. The average molecular weight is 368 g/mol. The molecule has 0 atom stereocenters. The second-order valence-electron chi connectivity index (χ2n) is 5.79. The van der Waals surface area contributed by atoms with Gasteiger partial charge in [-0.25, -0.2) is 23.1 Å². The number of aromatic nitrogens is 2. The Hall–Kier alpha value is -1.99. The third-order valence-electron chi connectivity index (χ3n) is 3.15. The molecular weight excluding hydrogens is 350 g/mol. The summed E-state index contributed by atoms with van der Waals surface area (Å²) in [4.78, 5) is 19.0. The fourth-order valence-electron chi connectivity index (χ4n) is 2.11. The lowest BCUT2D eigenvalue weighted by atomic mass is 10.1. The van der Waals surface area contributed by atoms with Crippen molar-refractivity contribution in [3.8, 4) is 0 Å². The lowest BCUT2D eigenvalue weighted by molar-refractivity contribution is -0.111. The van der Waals surface area contributed by atoms with Gasteiger partial charge in [0.25, 0.3) is 10.0 Å². The van der Waals surface area contributed by atoms with E-state index in [4.69, 9.17) is 11.6 Å². The maximum absolute atomic E-state index is 12.3. The highest BCUT2D eigenvalue weighted by Gasteiger charge is 2.16. The third-order valence-corrected chi connectivity index (χ3v) is 4.63. The van der Waals surface area contributed by atoms with E-state index in [1.165, 1.54) is 12.1 Å². The summed E-state index contributed by atoms with van der Waals surface area (Å²) in [6.07, 6.45) is 4.10. The highest BCUT2D eigenvalue weighted by molar-refractivity contribution is 7.92. The third kappa shape index (κ3) is 5.28. The van der Waals surface area contributed by atoms with Crippen LogP contribution in [0.4, 0.5) is 5.95 Å². The number of carbonyl (C=O) groups is 1. The predicted octanol–water partition coefficient (Wildman–Crippen LogP) is 2.78. The van der Waals surface area contributed by atoms with Crippen LogP contribution in [0.1, 0.15) is 25.0 Å². The molecule has 0 amide bonds. The Morgan fingerprint density at radius 3 is 2.21 bits per heavy atom. The number of nitrogens with one attached hydrogen (secondary N) is 1. The molecule has 0 fully saturated rings. The van der Waals surface area contributed by atoms with E-state index in [0.717, 1.165) is 12.0 Å². The van der Waals surface area contributed by atoms with Gasteiger partial charge in [0.15, 0.2) is 0 Å². The van der Waals surface area contributed by atoms with Crippen LogP contribution >= 0.6 is 11.6 Å². The van der Waals surface area contributed by atoms with E-state index >= 15 is 0 Å². The Kier molecular flexibility index (Phi) is 5.90. The highest BCUT2D eigenvalue weighted by atomic mass is 35.5. The van der Waals surface area contributed by atoms with Gasteiger partial charge in [0.1, 0.15) is 0 Å². The van der Waals surface area contributed by atoms with Crippen LogP contribution in [0.3, 0.4) is 0 Å². The first kappa shape index (κ1) is 18.4. The molecular formula is C16H18ClN3O3S. The molecule has 1 aromatic carbocycles. The molecule has 6 nitrogen and oxygen atoms in total. The van der Waals surface area contributed by atoms with Gasteiger partial charge in [0, 0.05) is 18.8 Å². The molecule has 128 valence electrons. The zero-order valence-corrected chi connectivity index (χ0v) is 14.9. The van der Waals surface area contributed by atoms with Gasteiger partial charge >= 0.3 is 0 Å². The molecule has 1 N–H and O–H groups in total. The minimum absolute atomic E-state index is 0.0162. The van der Waals surface area contributed by atoms with Gasteiger partial charge in [0.05, 0.1) is 4.90 Å². The van der Waals surface area contributed by atoms with E-state index in [0.29, 0.717) is 11.5 Å². The molecule has 0 saturated carbocycles. The molecule has 0 radical (unpaired) electrons. The van der Waals surface area contributed by atoms with Gasteiger partial charge < -0.3 is 0 Å². The number of sulfonamides is 1. The summed E-state index contributed by atoms with van der Waals surface area (Å²) in [5.74, 6) is 0.483. The number of rotatable bonds is 7. The molecule has 0 aliphatic carbocycles. The Balaban J connectivity index is 2.11. The van der Waals surface area contributed by atoms with Gasteiger partial charge in [-0.2, -0.15) is 0 Å². The van der Waals surface area contributed by atoms with Gasteiger partial charge in [0.2, 0.25) is 11.2 Å². The van der Waals surface area contributed by atoms with Crippen molar-refractivity contribution in [3.05, 3.63) is 47.8 Å². The van der Waals surface area contributed by atoms with E-state index in [1.54, 1.807) is 24.5 Å². The largest absolute Gasteiger partial charge is 0.281 e. The van der Waals surface area contributed by atoms with E-state index in [1.807, 2.05) is 0 Å². The van der Waals surface area contributed by atoms with Crippen molar-refractivity contribution in [2.45, 2.75) is 31.6 Å². The maximum Gasteiger partial charge on any atom is 0.264 e. The fourth-order valence-corrected chi connectivity index (χ4v) is 3.22. The molecule has 8 heteroatoms. The van der Waals surface area contributed by atoms with Crippen molar-refractivity contribution < 1.29 is 13.2 Å². The van der Waals surface area contributed by atoms with E-state index < -0.39 is 15.3 Å². The Morgan fingerprint density at radius 2 is 1.71 bits per heavy atom. The van der Waals surface area contributed by atoms with E-state index in [9.17, 15) is 13.2 Å². The quantitative estimate of drug-likeness (QED) is 0.760. The van der Waals surface area contributed by atoms with Crippen LogP contribution < -0.4 is 4.72 Å². The molecule has 0 saturated heterocycles. The Bertz CT molecular complexity index is 803. The van der Waals surface area contributed by atoms with E-state index in [2.05, 4.69) is 28.5 Å². The number of hydrogen-bond donors (Lipinski definition) is 1. The second kappa shape index (κ2) is 7.72. The summed E-state index contributed by atoms with van der Waals surface area (Å²) in [5, 5.41) is -0.501. The van der Waals surface area contributed by atoms with E-state index in [-0.39, 0.29) is 17.3 Å². The first-order valence-corrected chi connectivity index (χ1v) is 9.23. The van der Waals surface area contributed by atoms with Crippen molar-refractivity contribution in [3.63, 3.8) is 0 Å². The van der Waals surface area contributed by atoms with Crippen molar-refractivity contribution >= 4 is 32.8 Å². The van der Waals surface area contributed by atoms with Gasteiger partial charge in [-0.3, -0.25) is 4.79 Å². The predicted molar refractivity (Wildman–Crippen MR) is 92.4 cm³/mol. The van der Waals surface area contributed by atoms with Gasteiger partial charge in [-0.05, 0) is 47.2 Å². The minimum atomic E-state index is -3.79. The van der Waals surface area contributed by atoms with Crippen molar-refractivity contribution in [1.82, 2.24) is 9.97 Å². The molecule has 1 heterocycles.